The Hall–Kier alpha value is -3.54. The van der Waals surface area contributed by atoms with E-state index < -0.39 is 36.1 Å². The molecule has 4 rings (SSSR count). The number of hydrogen-bond donors (Lipinski definition) is 5. The normalized spacial score (nSPS) is 19.5. The van der Waals surface area contributed by atoms with Crippen molar-refractivity contribution >= 4 is 23.5 Å². The van der Waals surface area contributed by atoms with Gasteiger partial charge < -0.3 is 25.7 Å². The van der Waals surface area contributed by atoms with Gasteiger partial charge in [-0.15, -0.1) is 0 Å². The predicted molar refractivity (Wildman–Crippen MR) is 125 cm³/mol. The van der Waals surface area contributed by atoms with Gasteiger partial charge >= 0.3 is 0 Å². The number of aliphatic hydroxyl groups excluding tert-OH is 2. The zero-order valence-electron chi connectivity index (χ0n) is 19.3. The average Bonchev–Trinajstić information content (AvgIpc) is 3.51. The number of amides is 2. The summed E-state index contributed by atoms with van der Waals surface area (Å²) in [6, 6.07) is 6.72. The standard InChI is InChI=1S/C23H29N7O4/c1-13(15-5-7-16(8-6-15)30-10-4-9-26-30)27-21(33)19(31)20(32)22(34)29-12-18-17(14(29)2)11-25-23(24-3)28-18/h4-8,10-11,13-14,19-20,26,31-32H,9,12H2,1-3H3,(H,27,33)(H,24,25,28)/t13-,14?,19-,20-/m1/s1. The topological polar surface area (TPSA) is 143 Å². The summed E-state index contributed by atoms with van der Waals surface area (Å²) in [7, 11) is 1.69. The monoisotopic (exact) mass is 467 g/mol. The highest BCUT2D eigenvalue weighted by atomic mass is 16.3. The number of carbonyl (C=O) groups is 2. The summed E-state index contributed by atoms with van der Waals surface area (Å²) in [5.74, 6) is -1.15. The number of aliphatic hydroxyl groups is 2. The first-order valence-electron chi connectivity index (χ1n) is 11.1. The Kier molecular flexibility index (Phi) is 6.77. The van der Waals surface area contributed by atoms with Crippen LogP contribution < -0.4 is 21.1 Å². The molecule has 11 nitrogen and oxygen atoms in total. The third-order valence-electron chi connectivity index (χ3n) is 6.13. The minimum Gasteiger partial charge on any atom is -0.380 e. The van der Waals surface area contributed by atoms with Gasteiger partial charge in [-0.25, -0.2) is 15.4 Å². The van der Waals surface area contributed by atoms with Crippen molar-refractivity contribution in [3.05, 3.63) is 59.6 Å². The molecule has 0 spiro atoms. The van der Waals surface area contributed by atoms with E-state index in [-0.39, 0.29) is 6.54 Å². The fourth-order valence-corrected chi connectivity index (χ4v) is 4.05. The lowest BCUT2D eigenvalue weighted by atomic mass is 10.1. The van der Waals surface area contributed by atoms with Crippen molar-refractivity contribution in [1.29, 1.82) is 0 Å². The molecule has 2 aromatic rings. The minimum absolute atomic E-state index is 0.155. The number of aromatic nitrogens is 2. The van der Waals surface area contributed by atoms with Gasteiger partial charge in [0.15, 0.2) is 12.2 Å². The van der Waals surface area contributed by atoms with Crippen molar-refractivity contribution in [1.82, 2.24) is 25.6 Å². The summed E-state index contributed by atoms with van der Waals surface area (Å²) >= 11 is 0. The number of rotatable bonds is 7. The molecule has 0 saturated heterocycles. The Morgan fingerprint density at radius 3 is 2.59 bits per heavy atom. The molecule has 0 saturated carbocycles. The molecule has 2 aliphatic heterocycles. The van der Waals surface area contributed by atoms with Crippen molar-refractivity contribution in [3.63, 3.8) is 0 Å². The van der Waals surface area contributed by atoms with Crippen molar-refractivity contribution < 1.29 is 19.8 Å². The van der Waals surface area contributed by atoms with Crippen LogP contribution in [0.25, 0.3) is 0 Å². The number of hydrogen-bond acceptors (Lipinski definition) is 9. The fourth-order valence-electron chi connectivity index (χ4n) is 4.05. The van der Waals surface area contributed by atoms with Gasteiger partial charge in [-0.05, 0) is 31.5 Å². The average molecular weight is 468 g/mol. The minimum atomic E-state index is -1.91. The quantitative estimate of drug-likeness (QED) is 0.390. The van der Waals surface area contributed by atoms with Gasteiger partial charge in [0, 0.05) is 31.6 Å². The number of hydrazine groups is 1. The van der Waals surface area contributed by atoms with E-state index in [1.807, 2.05) is 41.6 Å². The van der Waals surface area contributed by atoms with E-state index in [0.29, 0.717) is 11.6 Å². The van der Waals surface area contributed by atoms with Crippen LogP contribution in [0.2, 0.25) is 0 Å². The van der Waals surface area contributed by atoms with Crippen LogP contribution in [0.1, 0.15) is 42.8 Å². The Morgan fingerprint density at radius 2 is 1.94 bits per heavy atom. The van der Waals surface area contributed by atoms with Gasteiger partial charge in [-0.1, -0.05) is 18.2 Å². The summed E-state index contributed by atoms with van der Waals surface area (Å²) < 4.78 is 0. The molecule has 180 valence electrons. The number of nitrogens with one attached hydrogen (secondary N) is 3. The van der Waals surface area contributed by atoms with Gasteiger partial charge in [0.1, 0.15) is 0 Å². The molecule has 4 atom stereocenters. The first-order chi connectivity index (χ1) is 16.3. The Balaban J connectivity index is 1.36. The van der Waals surface area contributed by atoms with Crippen LogP contribution in [0, 0.1) is 0 Å². The van der Waals surface area contributed by atoms with Gasteiger partial charge in [0.25, 0.3) is 11.8 Å². The lowest BCUT2D eigenvalue weighted by Crippen LogP contribution is -2.50. The molecule has 11 heteroatoms. The molecule has 5 N–H and O–H groups in total. The predicted octanol–water partition coefficient (Wildman–Crippen LogP) is 0.359. The highest BCUT2D eigenvalue weighted by Crippen LogP contribution is 2.32. The lowest BCUT2D eigenvalue weighted by Gasteiger charge is -2.27. The van der Waals surface area contributed by atoms with Crippen LogP contribution in [-0.4, -0.2) is 62.7 Å². The second-order valence-corrected chi connectivity index (χ2v) is 8.32. The van der Waals surface area contributed by atoms with E-state index in [0.717, 1.165) is 23.4 Å². The van der Waals surface area contributed by atoms with Crippen LogP contribution in [-0.2, 0) is 16.1 Å². The molecule has 0 fully saturated rings. The first kappa shape index (κ1) is 23.6. The first-order valence-corrected chi connectivity index (χ1v) is 11.1. The van der Waals surface area contributed by atoms with E-state index in [2.05, 4.69) is 26.0 Å². The molecule has 0 bridgehead atoms. The molecular formula is C23H29N7O4. The SMILES string of the molecule is CNc1ncc2c(n1)CN(C(=O)[C@H](O)[C@@H](O)C(=O)N[C@H](C)c1ccc(N3C=CCN3)cc1)C2C. The molecule has 2 aliphatic rings. The maximum Gasteiger partial charge on any atom is 0.255 e. The molecule has 1 aromatic heterocycles. The smallest absolute Gasteiger partial charge is 0.255 e. The van der Waals surface area contributed by atoms with E-state index in [1.54, 1.807) is 27.1 Å². The lowest BCUT2D eigenvalue weighted by molar-refractivity contribution is -0.155. The van der Waals surface area contributed by atoms with E-state index in [4.69, 9.17) is 0 Å². The highest BCUT2D eigenvalue weighted by molar-refractivity contribution is 5.91. The molecule has 2 amide bonds. The Morgan fingerprint density at radius 1 is 1.21 bits per heavy atom. The van der Waals surface area contributed by atoms with Crippen LogP contribution in [0.4, 0.5) is 11.6 Å². The number of nitrogens with zero attached hydrogens (tertiary/aromatic N) is 4. The highest BCUT2D eigenvalue weighted by Gasteiger charge is 2.39. The van der Waals surface area contributed by atoms with Crippen LogP contribution >= 0.6 is 0 Å². The molecule has 0 aliphatic carbocycles. The molecule has 3 heterocycles. The third kappa shape index (κ3) is 4.58. The number of carbonyl (C=O) groups excluding carboxylic acids is 2. The number of fused-ring (bicyclic) bond motifs is 1. The van der Waals surface area contributed by atoms with E-state index >= 15 is 0 Å². The summed E-state index contributed by atoms with van der Waals surface area (Å²) in [5, 5.41) is 28.3. The number of benzene rings is 1. The van der Waals surface area contributed by atoms with E-state index in [1.165, 1.54) is 4.90 Å². The van der Waals surface area contributed by atoms with Gasteiger partial charge in [0.2, 0.25) is 5.95 Å². The van der Waals surface area contributed by atoms with Crippen LogP contribution in [0.5, 0.6) is 0 Å². The van der Waals surface area contributed by atoms with Crippen molar-refractivity contribution in [2.45, 2.75) is 44.7 Å². The van der Waals surface area contributed by atoms with Crippen molar-refractivity contribution in [2.75, 3.05) is 23.9 Å². The van der Waals surface area contributed by atoms with E-state index in [9.17, 15) is 19.8 Å². The Labute approximate surface area is 197 Å². The summed E-state index contributed by atoms with van der Waals surface area (Å²) in [6.45, 7) is 4.46. The van der Waals surface area contributed by atoms with Crippen molar-refractivity contribution in [2.24, 2.45) is 0 Å². The maximum atomic E-state index is 12.9. The molecule has 34 heavy (non-hydrogen) atoms. The number of anilines is 2. The van der Waals surface area contributed by atoms with Gasteiger partial charge in [-0.3, -0.25) is 14.6 Å². The Bertz CT molecular complexity index is 1090. The molecule has 1 aromatic carbocycles. The second-order valence-electron chi connectivity index (χ2n) is 8.32. The van der Waals surface area contributed by atoms with Crippen LogP contribution in [0.3, 0.4) is 0 Å². The summed E-state index contributed by atoms with van der Waals surface area (Å²) in [5.41, 5.74) is 6.35. The van der Waals surface area contributed by atoms with Crippen LogP contribution in [0.15, 0.2) is 42.7 Å². The second kappa shape index (κ2) is 9.75. The molecular weight excluding hydrogens is 438 g/mol. The zero-order chi connectivity index (χ0) is 24.4. The molecule has 1 unspecified atom stereocenters. The maximum absolute atomic E-state index is 12.9. The zero-order valence-corrected chi connectivity index (χ0v) is 19.3. The molecule has 0 radical (unpaired) electrons. The largest absolute Gasteiger partial charge is 0.380 e. The fraction of sp³-hybridized carbons (Fsp3) is 0.391. The van der Waals surface area contributed by atoms with Gasteiger partial charge in [0.05, 0.1) is 30.0 Å². The van der Waals surface area contributed by atoms with Crippen molar-refractivity contribution in [3.8, 4) is 0 Å². The summed E-state index contributed by atoms with van der Waals surface area (Å²) in [4.78, 5) is 35.4. The summed E-state index contributed by atoms with van der Waals surface area (Å²) in [6.07, 6.45) is 1.74. The van der Waals surface area contributed by atoms with Gasteiger partial charge in [-0.2, -0.15) is 0 Å². The third-order valence-corrected chi connectivity index (χ3v) is 6.13.